The Bertz CT molecular complexity index is 772. The van der Waals surface area contributed by atoms with Gasteiger partial charge in [0.05, 0.1) is 16.6 Å². The summed E-state index contributed by atoms with van der Waals surface area (Å²) in [5.74, 6) is 0.376. The van der Waals surface area contributed by atoms with Crippen LogP contribution in [0.15, 0.2) is 30.3 Å². The second-order valence-corrected chi connectivity index (χ2v) is 5.00. The molecular weight excluding hydrogens is 239 g/mol. The molecule has 0 aliphatic rings. The van der Waals surface area contributed by atoms with Crippen molar-refractivity contribution in [1.82, 2.24) is 9.97 Å². The first-order valence-corrected chi connectivity index (χ1v) is 6.28. The van der Waals surface area contributed by atoms with Crippen LogP contribution < -0.4 is 0 Å². The van der Waals surface area contributed by atoms with E-state index in [-0.39, 0.29) is 5.82 Å². The van der Waals surface area contributed by atoms with Crippen LogP contribution in [-0.4, -0.2) is 9.97 Å². The number of hydrogen-bond donors (Lipinski definition) is 1. The van der Waals surface area contributed by atoms with Crippen LogP contribution in [0.1, 0.15) is 16.7 Å². The van der Waals surface area contributed by atoms with E-state index in [4.69, 9.17) is 0 Å². The zero-order chi connectivity index (χ0) is 13.6. The number of rotatable bonds is 1. The van der Waals surface area contributed by atoms with Gasteiger partial charge < -0.3 is 4.98 Å². The van der Waals surface area contributed by atoms with Crippen molar-refractivity contribution in [3.05, 3.63) is 52.8 Å². The minimum Gasteiger partial charge on any atom is -0.338 e. The summed E-state index contributed by atoms with van der Waals surface area (Å²) in [5, 5.41) is 0. The first-order chi connectivity index (χ1) is 9.06. The third kappa shape index (κ3) is 1.91. The maximum atomic E-state index is 14.1. The molecule has 0 unspecified atom stereocenters. The summed E-state index contributed by atoms with van der Waals surface area (Å²) in [6, 6.07) is 9.48. The summed E-state index contributed by atoms with van der Waals surface area (Å²) in [4.78, 5) is 7.74. The third-order valence-electron chi connectivity index (χ3n) is 3.37. The molecule has 1 heterocycles. The van der Waals surface area contributed by atoms with Crippen molar-refractivity contribution in [1.29, 1.82) is 0 Å². The molecule has 0 bridgehead atoms. The normalized spacial score (nSPS) is 11.2. The van der Waals surface area contributed by atoms with E-state index in [1.54, 1.807) is 19.1 Å². The third-order valence-corrected chi connectivity index (χ3v) is 3.37. The average Bonchev–Trinajstić information content (AvgIpc) is 2.76. The van der Waals surface area contributed by atoms with Crippen LogP contribution in [0.25, 0.3) is 22.4 Å². The molecular formula is C16H15FN2. The van der Waals surface area contributed by atoms with Gasteiger partial charge in [0.25, 0.3) is 0 Å². The van der Waals surface area contributed by atoms with Gasteiger partial charge in [-0.1, -0.05) is 18.2 Å². The number of halogens is 1. The first kappa shape index (κ1) is 11.9. The maximum Gasteiger partial charge on any atom is 0.141 e. The molecule has 0 saturated carbocycles. The predicted octanol–water partition coefficient (Wildman–Crippen LogP) is 4.29. The molecule has 0 radical (unpaired) electrons. The van der Waals surface area contributed by atoms with E-state index in [2.05, 4.69) is 16.0 Å². The molecule has 2 nitrogen and oxygen atoms in total. The van der Waals surface area contributed by atoms with E-state index >= 15 is 0 Å². The van der Waals surface area contributed by atoms with Crippen molar-refractivity contribution in [3.63, 3.8) is 0 Å². The molecule has 0 spiro atoms. The molecule has 2 aromatic carbocycles. The van der Waals surface area contributed by atoms with Crippen molar-refractivity contribution < 1.29 is 4.39 Å². The predicted molar refractivity (Wildman–Crippen MR) is 75.7 cm³/mol. The van der Waals surface area contributed by atoms with Crippen molar-refractivity contribution in [3.8, 4) is 11.4 Å². The summed E-state index contributed by atoms with van der Waals surface area (Å²) < 4.78 is 14.1. The fourth-order valence-electron chi connectivity index (χ4n) is 2.43. The minimum absolute atomic E-state index is 0.212. The molecule has 0 atom stereocenters. The number of aromatic nitrogens is 2. The van der Waals surface area contributed by atoms with Gasteiger partial charge in [-0.25, -0.2) is 9.37 Å². The Balaban J connectivity index is 2.26. The Labute approximate surface area is 111 Å². The molecule has 0 fully saturated rings. The number of aromatic amines is 1. The Hall–Kier alpha value is -2.16. The number of nitrogens with zero attached hydrogens (tertiary/aromatic N) is 1. The zero-order valence-corrected chi connectivity index (χ0v) is 11.2. The topological polar surface area (TPSA) is 28.7 Å². The van der Waals surface area contributed by atoms with E-state index in [1.807, 2.05) is 26.0 Å². The first-order valence-electron chi connectivity index (χ1n) is 6.28. The number of imidazole rings is 1. The molecule has 19 heavy (non-hydrogen) atoms. The van der Waals surface area contributed by atoms with Crippen molar-refractivity contribution in [2.24, 2.45) is 0 Å². The minimum atomic E-state index is -0.212. The molecule has 0 amide bonds. The molecule has 3 aromatic rings. The summed E-state index contributed by atoms with van der Waals surface area (Å²) in [6.07, 6.45) is 0. The van der Waals surface area contributed by atoms with Crippen molar-refractivity contribution >= 4 is 11.0 Å². The van der Waals surface area contributed by atoms with Gasteiger partial charge in [-0.15, -0.1) is 0 Å². The van der Waals surface area contributed by atoms with Crippen molar-refractivity contribution in [2.45, 2.75) is 20.8 Å². The summed E-state index contributed by atoms with van der Waals surface area (Å²) >= 11 is 0. The van der Waals surface area contributed by atoms with E-state index in [1.165, 1.54) is 5.56 Å². The Morgan fingerprint density at radius 3 is 2.63 bits per heavy atom. The number of hydrogen-bond acceptors (Lipinski definition) is 1. The smallest absolute Gasteiger partial charge is 0.141 e. The second kappa shape index (κ2) is 4.19. The Kier molecular flexibility index (Phi) is 2.63. The summed E-state index contributed by atoms with van der Waals surface area (Å²) in [6.45, 7) is 5.82. The number of nitrogens with one attached hydrogen (secondary N) is 1. The highest BCUT2D eigenvalue weighted by molar-refractivity contribution is 5.83. The van der Waals surface area contributed by atoms with Gasteiger partial charge in [0.15, 0.2) is 0 Å². The number of H-pyrrole nitrogens is 1. The van der Waals surface area contributed by atoms with Gasteiger partial charge in [-0.3, -0.25) is 0 Å². The molecule has 1 aromatic heterocycles. The van der Waals surface area contributed by atoms with E-state index in [0.29, 0.717) is 17.0 Å². The van der Waals surface area contributed by atoms with E-state index in [9.17, 15) is 4.39 Å². The van der Waals surface area contributed by atoms with Crippen LogP contribution in [0.2, 0.25) is 0 Å². The van der Waals surface area contributed by atoms with Gasteiger partial charge >= 0.3 is 0 Å². The largest absolute Gasteiger partial charge is 0.338 e. The quantitative estimate of drug-likeness (QED) is 0.689. The second-order valence-electron chi connectivity index (χ2n) is 5.00. The highest BCUT2D eigenvalue weighted by Gasteiger charge is 2.12. The van der Waals surface area contributed by atoms with Crippen LogP contribution in [0.3, 0.4) is 0 Å². The lowest BCUT2D eigenvalue weighted by molar-refractivity contribution is 0.621. The van der Waals surface area contributed by atoms with E-state index in [0.717, 1.165) is 16.6 Å². The molecule has 0 aliphatic heterocycles. The van der Waals surface area contributed by atoms with Crippen LogP contribution in [0, 0.1) is 26.6 Å². The standard InChI is InChI=1S/C16H15FN2/c1-9-7-11(3)15-13(8-9)18-16(19-15)12-6-4-5-10(2)14(12)17/h4-8H,1-3H3,(H,18,19). The molecule has 0 aliphatic carbocycles. The fraction of sp³-hybridized carbons (Fsp3) is 0.188. The molecule has 96 valence electrons. The molecule has 0 saturated heterocycles. The average molecular weight is 254 g/mol. The number of aryl methyl sites for hydroxylation is 3. The van der Waals surface area contributed by atoms with Crippen molar-refractivity contribution in [2.75, 3.05) is 0 Å². The van der Waals surface area contributed by atoms with Crippen LogP contribution in [0.4, 0.5) is 4.39 Å². The fourth-order valence-corrected chi connectivity index (χ4v) is 2.43. The van der Waals surface area contributed by atoms with E-state index < -0.39 is 0 Å². The molecule has 3 heteroatoms. The number of benzene rings is 2. The summed E-state index contributed by atoms with van der Waals surface area (Å²) in [7, 11) is 0. The summed E-state index contributed by atoms with van der Waals surface area (Å²) in [5.41, 5.74) is 5.28. The van der Waals surface area contributed by atoms with Gasteiger partial charge in [0.2, 0.25) is 0 Å². The van der Waals surface area contributed by atoms with Crippen LogP contribution >= 0.6 is 0 Å². The lowest BCUT2D eigenvalue weighted by Crippen LogP contribution is -1.89. The SMILES string of the molecule is Cc1cc(C)c2nc(-c3cccc(C)c3F)[nH]c2c1. The Morgan fingerprint density at radius 1 is 1.05 bits per heavy atom. The monoisotopic (exact) mass is 254 g/mol. The van der Waals surface area contributed by atoms with Gasteiger partial charge in [-0.2, -0.15) is 0 Å². The highest BCUT2D eigenvalue weighted by atomic mass is 19.1. The zero-order valence-electron chi connectivity index (χ0n) is 11.2. The van der Waals surface area contributed by atoms with Crippen LogP contribution in [-0.2, 0) is 0 Å². The lowest BCUT2D eigenvalue weighted by atomic mass is 10.1. The Morgan fingerprint density at radius 2 is 1.84 bits per heavy atom. The van der Waals surface area contributed by atoms with Crippen LogP contribution in [0.5, 0.6) is 0 Å². The highest BCUT2D eigenvalue weighted by Crippen LogP contribution is 2.26. The lowest BCUT2D eigenvalue weighted by Gasteiger charge is -2.01. The van der Waals surface area contributed by atoms with Gasteiger partial charge in [-0.05, 0) is 49.6 Å². The molecule has 3 rings (SSSR count). The van der Waals surface area contributed by atoms with Gasteiger partial charge in [0, 0.05) is 0 Å². The van der Waals surface area contributed by atoms with Gasteiger partial charge in [0.1, 0.15) is 11.6 Å². The molecule has 1 N–H and O–H groups in total. The maximum absolute atomic E-state index is 14.1. The number of fused-ring (bicyclic) bond motifs is 1.